The third-order valence-electron chi connectivity index (χ3n) is 5.99. The molecule has 5 heteroatoms. The number of fused-ring (bicyclic) bond motifs is 1. The quantitative estimate of drug-likeness (QED) is 0.863. The Morgan fingerprint density at radius 1 is 1.32 bits per heavy atom. The van der Waals surface area contributed by atoms with E-state index in [0.717, 1.165) is 31.2 Å². The summed E-state index contributed by atoms with van der Waals surface area (Å²) in [7, 11) is 0. The van der Waals surface area contributed by atoms with Gasteiger partial charge in [0, 0.05) is 23.0 Å². The molecule has 1 aromatic carbocycles. The lowest BCUT2D eigenvalue weighted by Crippen LogP contribution is -2.58. The zero-order valence-corrected chi connectivity index (χ0v) is 15.7. The molecule has 2 amide bonds. The molecule has 0 radical (unpaired) electrons. The average molecular weight is 363 g/mol. The summed E-state index contributed by atoms with van der Waals surface area (Å²) in [5, 5.41) is 6.96. The summed E-state index contributed by atoms with van der Waals surface area (Å²) in [5.41, 5.74) is 0.848. The highest BCUT2D eigenvalue weighted by Gasteiger charge is 2.43. The smallest absolute Gasteiger partial charge is 0.224 e. The Morgan fingerprint density at radius 3 is 2.80 bits per heavy atom. The number of amides is 2. The minimum absolute atomic E-state index is 0.00170. The summed E-state index contributed by atoms with van der Waals surface area (Å²) in [4.78, 5) is 24.6. The number of carbonyl (C=O) groups excluding carboxylic acids is 2. The molecule has 5 atom stereocenters. The Balaban J connectivity index is 1.57. The van der Waals surface area contributed by atoms with Gasteiger partial charge in [0.15, 0.2) is 0 Å². The van der Waals surface area contributed by atoms with Crippen LogP contribution in [0, 0.1) is 17.8 Å². The first-order valence-corrected chi connectivity index (χ1v) is 9.70. The first-order valence-electron chi connectivity index (χ1n) is 9.32. The van der Waals surface area contributed by atoms with E-state index >= 15 is 0 Å². The van der Waals surface area contributed by atoms with E-state index in [1.165, 1.54) is 0 Å². The van der Waals surface area contributed by atoms with Crippen LogP contribution in [0.5, 0.6) is 0 Å². The van der Waals surface area contributed by atoms with Crippen LogP contribution in [-0.2, 0) is 16.0 Å². The highest BCUT2D eigenvalue weighted by molar-refractivity contribution is 6.31. The highest BCUT2D eigenvalue weighted by Crippen LogP contribution is 2.38. The third-order valence-corrected chi connectivity index (χ3v) is 6.36. The van der Waals surface area contributed by atoms with Crippen molar-refractivity contribution in [2.45, 2.75) is 58.0 Å². The van der Waals surface area contributed by atoms with Gasteiger partial charge >= 0.3 is 0 Å². The maximum absolute atomic E-state index is 12.4. The molecule has 1 aromatic rings. The molecule has 136 valence electrons. The number of hydrogen-bond acceptors (Lipinski definition) is 2. The number of hydrogen-bond donors (Lipinski definition) is 2. The highest BCUT2D eigenvalue weighted by atomic mass is 35.5. The molecular formula is C20H27ClN2O2. The number of nitrogens with one attached hydrogen (secondary N) is 2. The zero-order chi connectivity index (χ0) is 18.0. The van der Waals surface area contributed by atoms with Gasteiger partial charge in [-0.25, -0.2) is 0 Å². The van der Waals surface area contributed by atoms with Crippen LogP contribution in [0.4, 0.5) is 0 Å². The van der Waals surface area contributed by atoms with Crippen LogP contribution < -0.4 is 10.6 Å². The van der Waals surface area contributed by atoms with Crippen molar-refractivity contribution < 1.29 is 9.59 Å². The fraction of sp³-hybridized carbons (Fsp3) is 0.600. The largest absolute Gasteiger partial charge is 0.353 e. The molecule has 0 spiro atoms. The fourth-order valence-electron chi connectivity index (χ4n) is 4.60. The lowest BCUT2D eigenvalue weighted by molar-refractivity contribution is -0.133. The normalized spacial score (nSPS) is 31.8. The summed E-state index contributed by atoms with van der Waals surface area (Å²) < 4.78 is 0. The molecule has 5 unspecified atom stereocenters. The number of carbonyl (C=O) groups is 2. The number of rotatable bonds is 4. The van der Waals surface area contributed by atoms with Gasteiger partial charge < -0.3 is 10.6 Å². The van der Waals surface area contributed by atoms with Gasteiger partial charge in [-0.1, -0.05) is 43.6 Å². The van der Waals surface area contributed by atoms with Crippen molar-refractivity contribution >= 4 is 23.4 Å². The minimum Gasteiger partial charge on any atom is -0.353 e. The Hall–Kier alpha value is -1.55. The molecule has 1 saturated heterocycles. The molecular weight excluding hydrogens is 336 g/mol. The van der Waals surface area contributed by atoms with Gasteiger partial charge in [0.1, 0.15) is 0 Å². The average Bonchev–Trinajstić information content (AvgIpc) is 2.57. The van der Waals surface area contributed by atoms with Gasteiger partial charge in [-0.05, 0) is 49.1 Å². The Labute approximate surface area is 154 Å². The second-order valence-electron chi connectivity index (χ2n) is 7.50. The first-order chi connectivity index (χ1) is 12.0. The second-order valence-corrected chi connectivity index (χ2v) is 7.91. The van der Waals surface area contributed by atoms with Crippen molar-refractivity contribution in [3.05, 3.63) is 34.9 Å². The predicted molar refractivity (Wildman–Crippen MR) is 99.3 cm³/mol. The van der Waals surface area contributed by atoms with Crippen LogP contribution >= 0.6 is 11.6 Å². The van der Waals surface area contributed by atoms with Gasteiger partial charge in [-0.15, -0.1) is 0 Å². The third kappa shape index (κ3) is 4.00. The van der Waals surface area contributed by atoms with Gasteiger partial charge in [0.05, 0.1) is 6.42 Å². The van der Waals surface area contributed by atoms with Gasteiger partial charge in [0.2, 0.25) is 11.8 Å². The molecule has 2 aliphatic rings. The number of piperidine rings is 1. The minimum atomic E-state index is -0.00170. The first kappa shape index (κ1) is 18.2. The van der Waals surface area contributed by atoms with Crippen molar-refractivity contribution in [2.75, 3.05) is 0 Å². The molecule has 0 bridgehead atoms. The van der Waals surface area contributed by atoms with Crippen molar-refractivity contribution in [3.8, 4) is 0 Å². The van der Waals surface area contributed by atoms with E-state index < -0.39 is 0 Å². The molecule has 1 heterocycles. The van der Waals surface area contributed by atoms with Crippen LogP contribution in [0.15, 0.2) is 24.3 Å². The van der Waals surface area contributed by atoms with E-state index in [4.69, 9.17) is 11.6 Å². The summed E-state index contributed by atoms with van der Waals surface area (Å²) in [6.45, 7) is 4.29. The van der Waals surface area contributed by atoms with Crippen molar-refractivity contribution in [2.24, 2.45) is 17.8 Å². The van der Waals surface area contributed by atoms with Gasteiger partial charge in [0.25, 0.3) is 0 Å². The van der Waals surface area contributed by atoms with E-state index in [1.807, 2.05) is 18.2 Å². The molecule has 2 N–H and O–H groups in total. The van der Waals surface area contributed by atoms with Crippen LogP contribution in [0.3, 0.4) is 0 Å². The van der Waals surface area contributed by atoms with Crippen LogP contribution in [0.2, 0.25) is 5.02 Å². The van der Waals surface area contributed by atoms with E-state index in [-0.39, 0.29) is 29.8 Å². The summed E-state index contributed by atoms with van der Waals surface area (Å²) in [6.07, 6.45) is 4.05. The number of halogens is 1. The van der Waals surface area contributed by atoms with E-state index in [0.29, 0.717) is 23.3 Å². The lowest BCUT2D eigenvalue weighted by Gasteiger charge is -2.46. The maximum atomic E-state index is 12.4. The van der Waals surface area contributed by atoms with Crippen LogP contribution in [-0.4, -0.2) is 23.9 Å². The molecule has 25 heavy (non-hydrogen) atoms. The molecule has 4 nitrogen and oxygen atoms in total. The molecule has 2 fully saturated rings. The molecule has 1 aliphatic heterocycles. The van der Waals surface area contributed by atoms with Gasteiger partial charge in [-0.3, -0.25) is 9.59 Å². The maximum Gasteiger partial charge on any atom is 0.224 e. The summed E-state index contributed by atoms with van der Waals surface area (Å²) >= 11 is 6.13. The van der Waals surface area contributed by atoms with E-state index in [1.54, 1.807) is 6.07 Å². The van der Waals surface area contributed by atoms with Crippen LogP contribution in [0.1, 0.15) is 45.1 Å². The fourth-order valence-corrected chi connectivity index (χ4v) is 4.80. The topological polar surface area (TPSA) is 58.2 Å². The van der Waals surface area contributed by atoms with Crippen molar-refractivity contribution in [1.29, 1.82) is 0 Å². The van der Waals surface area contributed by atoms with Gasteiger partial charge in [-0.2, -0.15) is 0 Å². The standard InChI is InChI=1S/C20H27ClN2O2/c1-3-15-12(2)16-9-8-14(11-18(16)23-20(15)25)22-19(24)10-13-6-4-5-7-17(13)21/h4-7,12,14-16,18H,3,8-11H2,1-2H3,(H,22,24)(H,23,25). The lowest BCUT2D eigenvalue weighted by atomic mass is 9.67. The Morgan fingerprint density at radius 2 is 2.08 bits per heavy atom. The molecule has 0 aromatic heterocycles. The predicted octanol–water partition coefficient (Wildman–Crippen LogP) is 3.33. The number of benzene rings is 1. The molecule has 1 aliphatic carbocycles. The zero-order valence-electron chi connectivity index (χ0n) is 14.9. The summed E-state index contributed by atoms with van der Waals surface area (Å²) in [6, 6.07) is 7.75. The van der Waals surface area contributed by atoms with Crippen molar-refractivity contribution in [3.63, 3.8) is 0 Å². The SMILES string of the molecule is CCC1C(=O)NC2CC(NC(=O)Cc3ccccc3Cl)CCC2C1C. The van der Waals surface area contributed by atoms with E-state index in [2.05, 4.69) is 24.5 Å². The van der Waals surface area contributed by atoms with E-state index in [9.17, 15) is 9.59 Å². The Bertz CT molecular complexity index is 648. The molecule has 1 saturated carbocycles. The Kier molecular flexibility index (Phi) is 5.67. The summed E-state index contributed by atoms with van der Waals surface area (Å²) in [5.74, 6) is 1.26. The monoisotopic (exact) mass is 362 g/mol. The molecule has 3 rings (SSSR count). The second kappa shape index (κ2) is 7.77. The van der Waals surface area contributed by atoms with Crippen LogP contribution in [0.25, 0.3) is 0 Å². The van der Waals surface area contributed by atoms with Crippen molar-refractivity contribution in [1.82, 2.24) is 10.6 Å².